The second-order valence-corrected chi connectivity index (χ2v) is 7.00. The number of nitrogens with zero attached hydrogens (tertiary/aromatic N) is 1. The number of rotatable bonds is 6. The predicted octanol–water partition coefficient (Wildman–Crippen LogP) is 2.28. The zero-order valence-corrected chi connectivity index (χ0v) is 14.9. The highest BCUT2D eigenvalue weighted by atomic mass is 32.2. The maximum Gasteiger partial charge on any atom is 0.384 e. The molecule has 0 aliphatic carbocycles. The lowest BCUT2D eigenvalue weighted by molar-refractivity contribution is -0.136. The van der Waals surface area contributed by atoms with Gasteiger partial charge in [0, 0.05) is 12.5 Å². The van der Waals surface area contributed by atoms with E-state index in [0.717, 1.165) is 5.56 Å². The molecule has 0 atom stereocenters. The predicted molar refractivity (Wildman–Crippen MR) is 92.7 cm³/mol. The van der Waals surface area contributed by atoms with Gasteiger partial charge in [0.1, 0.15) is 0 Å². The lowest BCUT2D eigenvalue weighted by atomic mass is 10.2. The molecular weight excluding hydrogens is 326 g/mol. The molecule has 0 bridgehead atoms. The van der Waals surface area contributed by atoms with Crippen LogP contribution in [0, 0.1) is 18.8 Å². The van der Waals surface area contributed by atoms with Gasteiger partial charge in [-0.05, 0) is 38.5 Å². The lowest BCUT2D eigenvalue weighted by Gasteiger charge is -2.19. The van der Waals surface area contributed by atoms with E-state index in [2.05, 4.69) is 24.2 Å². The van der Waals surface area contributed by atoms with Crippen LogP contribution in [0.1, 0.15) is 19.4 Å². The summed E-state index contributed by atoms with van der Waals surface area (Å²) in [5.41, 5.74) is 4.29. The lowest BCUT2D eigenvalue weighted by Crippen LogP contribution is -2.33. The summed E-state index contributed by atoms with van der Waals surface area (Å²) >= 11 is 0. The summed E-state index contributed by atoms with van der Waals surface area (Å²) < 4.78 is 31.4. The highest BCUT2D eigenvalue weighted by Gasteiger charge is 2.23. The van der Waals surface area contributed by atoms with Crippen molar-refractivity contribution in [1.29, 1.82) is 0 Å². The first-order chi connectivity index (χ1) is 11.3. The molecule has 0 spiro atoms. The number of hydrogen-bond donors (Lipinski definition) is 0. The van der Waals surface area contributed by atoms with E-state index >= 15 is 0 Å². The molecule has 5 nitrogen and oxygen atoms in total. The number of ether oxygens (including phenoxy) is 1. The molecule has 24 heavy (non-hydrogen) atoms. The Morgan fingerprint density at radius 1 is 1.29 bits per heavy atom. The normalized spacial score (nSPS) is 10.5. The van der Waals surface area contributed by atoms with Crippen LogP contribution in [-0.4, -0.2) is 38.4 Å². The summed E-state index contributed by atoms with van der Waals surface area (Å²) in [5.74, 6) is 4.14. The van der Waals surface area contributed by atoms with Crippen molar-refractivity contribution >= 4 is 16.0 Å². The summed E-state index contributed by atoms with van der Waals surface area (Å²) in [6.07, 6.45) is 0. The Balaban J connectivity index is 3.10. The van der Waals surface area contributed by atoms with Crippen molar-refractivity contribution in [3.63, 3.8) is 0 Å². The van der Waals surface area contributed by atoms with Crippen LogP contribution in [-0.2, 0) is 19.6 Å². The molecule has 0 saturated carbocycles. The van der Waals surface area contributed by atoms with E-state index in [9.17, 15) is 13.2 Å². The van der Waals surface area contributed by atoms with Gasteiger partial charge in [-0.3, -0.25) is 0 Å². The minimum Gasteiger partial charge on any atom is -0.456 e. The molecule has 1 aromatic rings. The Hall–Kier alpha value is -2.32. The standard InChI is InChI=1S/C18H21NO4S/c1-5-15(3)14-19(13-7-8-18(20)23-6-2)24(21,22)17-11-9-16(4)10-12-17/h9-12H,1,6,13-14H2,2-4H3. The van der Waals surface area contributed by atoms with Crippen molar-refractivity contribution < 1.29 is 17.9 Å². The number of esters is 1. The van der Waals surface area contributed by atoms with Crippen LogP contribution in [0.4, 0.5) is 0 Å². The maximum absolute atomic E-state index is 12.8. The quantitative estimate of drug-likeness (QED) is 0.343. The first kappa shape index (κ1) is 19.7. The summed E-state index contributed by atoms with van der Waals surface area (Å²) in [4.78, 5) is 11.4. The van der Waals surface area contributed by atoms with Crippen molar-refractivity contribution in [2.75, 3.05) is 19.7 Å². The van der Waals surface area contributed by atoms with Gasteiger partial charge in [-0.15, -0.1) is 5.73 Å². The Labute approximate surface area is 143 Å². The van der Waals surface area contributed by atoms with Gasteiger partial charge >= 0.3 is 5.97 Å². The van der Waals surface area contributed by atoms with Crippen molar-refractivity contribution in [3.05, 3.63) is 47.7 Å². The second-order valence-electron chi connectivity index (χ2n) is 5.07. The summed E-state index contributed by atoms with van der Waals surface area (Å²) in [5, 5.41) is 0. The number of carbonyl (C=O) groups excluding carboxylic acids is 1. The summed E-state index contributed by atoms with van der Waals surface area (Å²) in [6, 6.07) is 6.55. The zero-order valence-electron chi connectivity index (χ0n) is 14.1. The fourth-order valence-electron chi connectivity index (χ4n) is 1.77. The van der Waals surface area contributed by atoms with Gasteiger partial charge in [-0.2, -0.15) is 4.31 Å². The third-order valence-corrected chi connectivity index (χ3v) is 4.90. The Morgan fingerprint density at radius 2 is 1.92 bits per heavy atom. The van der Waals surface area contributed by atoms with Crippen molar-refractivity contribution in [2.24, 2.45) is 0 Å². The van der Waals surface area contributed by atoms with Gasteiger partial charge in [0.15, 0.2) is 0 Å². The molecule has 0 fully saturated rings. The van der Waals surface area contributed by atoms with Crippen LogP contribution < -0.4 is 0 Å². The monoisotopic (exact) mass is 347 g/mol. The van der Waals surface area contributed by atoms with Crippen LogP contribution >= 0.6 is 0 Å². The minimum atomic E-state index is -3.74. The Kier molecular flexibility index (Phi) is 7.47. The Morgan fingerprint density at radius 3 is 2.46 bits per heavy atom. The molecule has 0 amide bonds. The smallest absolute Gasteiger partial charge is 0.384 e. The van der Waals surface area contributed by atoms with Gasteiger partial charge in [-0.25, -0.2) is 13.2 Å². The third kappa shape index (κ3) is 5.71. The largest absolute Gasteiger partial charge is 0.456 e. The van der Waals surface area contributed by atoms with E-state index in [4.69, 9.17) is 4.74 Å². The van der Waals surface area contributed by atoms with Crippen LogP contribution in [0.3, 0.4) is 0 Å². The highest BCUT2D eigenvalue weighted by Crippen LogP contribution is 2.17. The van der Waals surface area contributed by atoms with E-state index in [0.29, 0.717) is 5.57 Å². The van der Waals surface area contributed by atoms with Crippen molar-refractivity contribution in [2.45, 2.75) is 25.7 Å². The Bertz CT molecular complexity index is 792. The van der Waals surface area contributed by atoms with E-state index in [1.165, 1.54) is 4.31 Å². The molecule has 128 valence electrons. The van der Waals surface area contributed by atoms with Gasteiger partial charge < -0.3 is 4.74 Å². The molecule has 0 heterocycles. The molecule has 0 N–H and O–H groups in total. The number of carbonyl (C=O) groups is 1. The minimum absolute atomic E-state index is 0.0945. The van der Waals surface area contributed by atoms with Crippen molar-refractivity contribution in [3.8, 4) is 11.8 Å². The first-order valence-corrected chi connectivity index (χ1v) is 8.83. The van der Waals surface area contributed by atoms with Crippen LogP contribution in [0.2, 0.25) is 0 Å². The molecule has 0 aliphatic heterocycles. The zero-order chi connectivity index (χ0) is 18.2. The molecule has 0 saturated heterocycles. The molecule has 1 aromatic carbocycles. The molecule has 0 unspecified atom stereocenters. The third-order valence-electron chi connectivity index (χ3n) is 3.10. The van der Waals surface area contributed by atoms with Crippen LogP contribution in [0.25, 0.3) is 0 Å². The topological polar surface area (TPSA) is 63.7 Å². The van der Waals surface area contributed by atoms with Crippen LogP contribution in [0.5, 0.6) is 0 Å². The highest BCUT2D eigenvalue weighted by molar-refractivity contribution is 7.89. The molecule has 1 rings (SSSR count). The van der Waals surface area contributed by atoms with Gasteiger partial charge in [-0.1, -0.05) is 30.2 Å². The fraction of sp³-hybridized carbons (Fsp3) is 0.333. The second kappa shape index (κ2) is 9.09. The molecule has 0 radical (unpaired) electrons. The van der Waals surface area contributed by atoms with E-state index in [1.54, 1.807) is 38.1 Å². The van der Waals surface area contributed by atoms with E-state index in [-0.39, 0.29) is 24.6 Å². The van der Waals surface area contributed by atoms with Crippen molar-refractivity contribution in [1.82, 2.24) is 4.31 Å². The fourth-order valence-corrected chi connectivity index (χ4v) is 3.15. The molecule has 0 aromatic heterocycles. The SMILES string of the molecule is C=C=C(C)CN(CC#CC(=O)OCC)S(=O)(=O)c1ccc(C)cc1. The first-order valence-electron chi connectivity index (χ1n) is 7.39. The van der Waals surface area contributed by atoms with Gasteiger partial charge in [0.25, 0.3) is 0 Å². The van der Waals surface area contributed by atoms with E-state index in [1.807, 2.05) is 6.92 Å². The van der Waals surface area contributed by atoms with Gasteiger partial charge in [0.2, 0.25) is 10.0 Å². The number of hydrogen-bond acceptors (Lipinski definition) is 4. The molecular formula is C18H21NO4S. The average Bonchev–Trinajstić information content (AvgIpc) is 2.54. The summed E-state index contributed by atoms with van der Waals surface area (Å²) in [7, 11) is -3.74. The number of benzene rings is 1. The van der Waals surface area contributed by atoms with Crippen LogP contribution in [0.15, 0.2) is 47.0 Å². The molecule has 0 aliphatic rings. The van der Waals surface area contributed by atoms with E-state index < -0.39 is 16.0 Å². The van der Waals surface area contributed by atoms with Gasteiger partial charge in [0.05, 0.1) is 18.0 Å². The number of sulfonamides is 1. The average molecular weight is 347 g/mol. The maximum atomic E-state index is 12.8. The molecule has 6 heteroatoms. The number of aryl methyl sites for hydroxylation is 1. The summed E-state index contributed by atoms with van der Waals surface area (Å²) in [6.45, 7) is 8.98.